The fourth-order valence-corrected chi connectivity index (χ4v) is 5.48. The van der Waals surface area contributed by atoms with Crippen molar-refractivity contribution in [1.29, 1.82) is 0 Å². The average Bonchev–Trinajstić information content (AvgIpc) is 3.39. The number of unbranched alkanes of at least 4 members (excludes halogenated alkanes) is 1. The number of rotatable bonds is 10. The lowest BCUT2D eigenvalue weighted by Gasteiger charge is -2.12. The number of ether oxygens (including phenoxy) is 1. The van der Waals surface area contributed by atoms with Crippen molar-refractivity contribution >= 4 is 52.7 Å². The maximum absolute atomic E-state index is 12.7. The van der Waals surface area contributed by atoms with Gasteiger partial charge in [0, 0.05) is 18.9 Å². The Balaban J connectivity index is 0.00000306. The summed E-state index contributed by atoms with van der Waals surface area (Å²) in [5.41, 5.74) is 2.03. The van der Waals surface area contributed by atoms with E-state index in [1.165, 1.54) is 4.90 Å². The van der Waals surface area contributed by atoms with Gasteiger partial charge in [0.2, 0.25) is 0 Å². The van der Waals surface area contributed by atoms with Gasteiger partial charge in [-0.25, -0.2) is 4.98 Å². The summed E-state index contributed by atoms with van der Waals surface area (Å²) < 4.78 is 7.44. The van der Waals surface area contributed by atoms with E-state index in [1.807, 2.05) is 48.7 Å². The molecule has 9 heteroatoms. The number of carbonyl (C=O) groups excluding carboxylic acids is 2. The van der Waals surface area contributed by atoms with Crippen molar-refractivity contribution < 1.29 is 14.3 Å². The zero-order valence-electron chi connectivity index (χ0n) is 18.3. The van der Waals surface area contributed by atoms with Crippen molar-refractivity contribution in [3.63, 3.8) is 0 Å². The van der Waals surface area contributed by atoms with E-state index < -0.39 is 0 Å². The van der Waals surface area contributed by atoms with E-state index in [2.05, 4.69) is 15.5 Å². The first kappa shape index (κ1) is 25.2. The standard InChI is InChI=1S/C24H25N3O3S2.ClH/c1-30-19-10-3-2-8-18(19)9-6-11-20-23(28)27(24(29)32-20)15-4-5-17-31-22-13-7-12-21-25-14-16-26(21)22;/h2-3,7-8,10-14,16H,4-6,9,15,17H2,1H3;1H/b20-11+;. The van der Waals surface area contributed by atoms with Crippen molar-refractivity contribution in [3.8, 4) is 5.75 Å². The number of amides is 2. The highest BCUT2D eigenvalue weighted by Crippen LogP contribution is 2.32. The number of methoxy groups -OCH3 is 1. The number of benzene rings is 1. The van der Waals surface area contributed by atoms with Crippen LogP contribution in [0.15, 0.2) is 70.9 Å². The first-order valence-corrected chi connectivity index (χ1v) is 12.4. The molecule has 0 aliphatic carbocycles. The molecular formula is C24H26ClN3O3S2. The van der Waals surface area contributed by atoms with Gasteiger partial charge in [-0.05, 0) is 67.0 Å². The molecule has 3 aromatic rings. The van der Waals surface area contributed by atoms with Crippen molar-refractivity contribution in [1.82, 2.24) is 14.3 Å². The van der Waals surface area contributed by atoms with Crippen LogP contribution in [0.5, 0.6) is 5.75 Å². The Morgan fingerprint density at radius 2 is 1.97 bits per heavy atom. The molecule has 0 N–H and O–H groups in total. The first-order chi connectivity index (χ1) is 15.7. The molecule has 1 aromatic carbocycles. The maximum atomic E-state index is 12.7. The number of pyridine rings is 1. The molecule has 1 aliphatic heterocycles. The monoisotopic (exact) mass is 503 g/mol. The van der Waals surface area contributed by atoms with E-state index in [4.69, 9.17) is 4.74 Å². The van der Waals surface area contributed by atoms with Gasteiger partial charge < -0.3 is 4.74 Å². The minimum absolute atomic E-state index is 0. The lowest BCUT2D eigenvalue weighted by molar-refractivity contribution is -0.122. The smallest absolute Gasteiger partial charge is 0.293 e. The summed E-state index contributed by atoms with van der Waals surface area (Å²) >= 11 is 2.80. The van der Waals surface area contributed by atoms with Crippen molar-refractivity contribution in [2.45, 2.75) is 30.7 Å². The number of hydrogen-bond acceptors (Lipinski definition) is 6. The largest absolute Gasteiger partial charge is 0.496 e. The minimum Gasteiger partial charge on any atom is -0.496 e. The first-order valence-electron chi connectivity index (χ1n) is 10.6. The predicted molar refractivity (Wildman–Crippen MR) is 136 cm³/mol. The van der Waals surface area contributed by atoms with Gasteiger partial charge in [-0.15, -0.1) is 24.2 Å². The molecule has 1 fully saturated rings. The van der Waals surface area contributed by atoms with Crippen LogP contribution in [0, 0.1) is 0 Å². The molecule has 0 saturated carbocycles. The Morgan fingerprint density at radius 1 is 1.12 bits per heavy atom. The summed E-state index contributed by atoms with van der Waals surface area (Å²) in [6.07, 6.45) is 8.78. The number of carbonyl (C=O) groups is 2. The predicted octanol–water partition coefficient (Wildman–Crippen LogP) is 5.85. The number of hydrogen-bond donors (Lipinski definition) is 0. The molecule has 0 atom stereocenters. The summed E-state index contributed by atoms with van der Waals surface area (Å²) in [4.78, 5) is 31.2. The number of allylic oxidation sites excluding steroid dienone is 1. The molecule has 174 valence electrons. The van der Waals surface area contributed by atoms with E-state index in [0.717, 1.165) is 58.8 Å². The highest BCUT2D eigenvalue weighted by molar-refractivity contribution is 8.18. The lowest BCUT2D eigenvalue weighted by Crippen LogP contribution is -2.29. The Bertz CT molecular complexity index is 1150. The number of aromatic nitrogens is 2. The average molecular weight is 504 g/mol. The fourth-order valence-electron chi connectivity index (χ4n) is 3.59. The number of thioether (sulfide) groups is 2. The van der Waals surface area contributed by atoms with Crippen LogP contribution in [0.1, 0.15) is 24.8 Å². The summed E-state index contributed by atoms with van der Waals surface area (Å²) in [6.45, 7) is 0.463. The Hall–Kier alpha value is -2.42. The van der Waals surface area contributed by atoms with E-state index in [0.29, 0.717) is 17.9 Å². The molecule has 0 bridgehead atoms. The quantitative estimate of drug-likeness (QED) is 0.196. The molecule has 1 saturated heterocycles. The van der Waals surface area contributed by atoms with Crippen LogP contribution in [-0.2, 0) is 11.2 Å². The van der Waals surface area contributed by atoms with E-state index in [1.54, 1.807) is 25.1 Å². The number of imide groups is 1. The molecule has 3 heterocycles. The second-order valence-corrected chi connectivity index (χ2v) is 9.43. The van der Waals surface area contributed by atoms with Gasteiger partial charge in [0.1, 0.15) is 11.4 Å². The molecule has 0 unspecified atom stereocenters. The van der Waals surface area contributed by atoms with Crippen LogP contribution in [0.3, 0.4) is 0 Å². The molecule has 2 aromatic heterocycles. The summed E-state index contributed by atoms with van der Waals surface area (Å²) in [7, 11) is 1.65. The number of fused-ring (bicyclic) bond motifs is 1. The number of imidazole rings is 1. The molecule has 1 aliphatic rings. The summed E-state index contributed by atoms with van der Waals surface area (Å²) in [5, 5.41) is 0.971. The molecule has 4 rings (SSSR count). The van der Waals surface area contributed by atoms with Gasteiger partial charge in [-0.2, -0.15) is 0 Å². The Morgan fingerprint density at radius 3 is 2.82 bits per heavy atom. The third-order valence-corrected chi connectivity index (χ3v) is 7.30. The number of aryl methyl sites for hydroxylation is 1. The topological polar surface area (TPSA) is 63.9 Å². The van der Waals surface area contributed by atoms with Crippen molar-refractivity contribution in [2.75, 3.05) is 19.4 Å². The maximum Gasteiger partial charge on any atom is 0.293 e. The minimum atomic E-state index is -0.172. The molecule has 0 spiro atoms. The van der Waals surface area contributed by atoms with Crippen molar-refractivity contribution in [2.24, 2.45) is 0 Å². The van der Waals surface area contributed by atoms with Crippen LogP contribution in [0.25, 0.3) is 5.65 Å². The van der Waals surface area contributed by atoms with Crippen molar-refractivity contribution in [3.05, 3.63) is 71.4 Å². The third kappa shape index (κ3) is 6.13. The molecule has 2 amide bonds. The van der Waals surface area contributed by atoms with Gasteiger partial charge >= 0.3 is 0 Å². The number of nitrogens with zero attached hydrogens (tertiary/aromatic N) is 3. The SMILES string of the molecule is COc1ccccc1CC/C=C1/SC(=O)N(CCCCSc2cccc3nccn23)C1=O.Cl. The van der Waals surface area contributed by atoms with E-state index >= 15 is 0 Å². The highest BCUT2D eigenvalue weighted by atomic mass is 35.5. The number of halogens is 1. The van der Waals surface area contributed by atoms with E-state index in [9.17, 15) is 9.59 Å². The fraction of sp³-hybridized carbons (Fsp3) is 0.292. The van der Waals surface area contributed by atoms with E-state index in [-0.39, 0.29) is 23.6 Å². The zero-order chi connectivity index (χ0) is 22.3. The summed E-state index contributed by atoms with van der Waals surface area (Å²) in [5.74, 6) is 1.59. The van der Waals surface area contributed by atoms with Crippen LogP contribution >= 0.6 is 35.9 Å². The van der Waals surface area contributed by atoms with Crippen LogP contribution in [-0.4, -0.2) is 44.8 Å². The molecule has 0 radical (unpaired) electrons. The Labute approximate surface area is 208 Å². The molecular weight excluding hydrogens is 478 g/mol. The lowest BCUT2D eigenvalue weighted by atomic mass is 10.1. The Kier molecular flexibility index (Phi) is 9.29. The normalized spacial score (nSPS) is 14.8. The second kappa shape index (κ2) is 12.2. The van der Waals surface area contributed by atoms with Gasteiger partial charge in [-0.1, -0.05) is 30.3 Å². The van der Waals surface area contributed by atoms with Crippen LogP contribution < -0.4 is 4.74 Å². The molecule has 33 heavy (non-hydrogen) atoms. The summed E-state index contributed by atoms with van der Waals surface area (Å²) in [6, 6.07) is 13.9. The van der Waals surface area contributed by atoms with Gasteiger partial charge in [0.05, 0.1) is 17.0 Å². The number of para-hydroxylation sites is 1. The van der Waals surface area contributed by atoms with Gasteiger partial charge in [-0.3, -0.25) is 18.9 Å². The van der Waals surface area contributed by atoms with Crippen LogP contribution in [0.2, 0.25) is 0 Å². The van der Waals surface area contributed by atoms with Gasteiger partial charge in [0.15, 0.2) is 0 Å². The highest BCUT2D eigenvalue weighted by Gasteiger charge is 2.34. The third-order valence-electron chi connectivity index (χ3n) is 5.23. The second-order valence-electron chi connectivity index (χ2n) is 7.32. The molecule has 6 nitrogen and oxygen atoms in total. The van der Waals surface area contributed by atoms with Crippen LogP contribution in [0.4, 0.5) is 4.79 Å². The zero-order valence-corrected chi connectivity index (χ0v) is 20.8. The van der Waals surface area contributed by atoms with Gasteiger partial charge in [0.25, 0.3) is 11.1 Å².